The lowest BCUT2D eigenvalue weighted by molar-refractivity contribution is 0.0890. The Morgan fingerprint density at radius 2 is 2.24 bits per heavy atom. The molecule has 2 rings (SSSR count). The molecule has 3 atom stereocenters. The van der Waals surface area contributed by atoms with Crippen LogP contribution in [-0.2, 0) is 4.74 Å². The summed E-state index contributed by atoms with van der Waals surface area (Å²) < 4.78 is 10.8. The fourth-order valence-electron chi connectivity index (χ4n) is 2.74. The maximum Gasteiger partial charge on any atom is 0.191 e. The molecule has 0 radical (unpaired) electrons. The van der Waals surface area contributed by atoms with E-state index in [1.54, 1.807) is 13.2 Å². The number of nitrogens with one attached hydrogen (secondary N) is 2. The SMILES string of the molecule is C=CCNC(=NC[C@H](O)c1ccc(OC)cc1)N[C@H](C)[C@H]1CCCO1. The molecule has 0 amide bonds. The second-order valence-corrected chi connectivity index (χ2v) is 6.13. The predicted octanol–water partition coefficient (Wildman–Crippen LogP) is 2.02. The van der Waals surface area contributed by atoms with Crippen LogP contribution in [-0.4, -0.2) is 50.0 Å². The van der Waals surface area contributed by atoms with E-state index in [1.165, 1.54) is 0 Å². The molecule has 1 saturated heterocycles. The lowest BCUT2D eigenvalue weighted by Crippen LogP contribution is -2.47. The summed E-state index contributed by atoms with van der Waals surface area (Å²) in [7, 11) is 1.62. The zero-order valence-corrected chi connectivity index (χ0v) is 15.1. The average molecular weight is 347 g/mol. The van der Waals surface area contributed by atoms with E-state index in [2.05, 4.69) is 29.1 Å². The number of benzene rings is 1. The minimum absolute atomic E-state index is 0.150. The highest BCUT2D eigenvalue weighted by molar-refractivity contribution is 5.80. The third kappa shape index (κ3) is 6.07. The van der Waals surface area contributed by atoms with E-state index >= 15 is 0 Å². The van der Waals surface area contributed by atoms with E-state index in [0.717, 1.165) is 30.8 Å². The number of hydrogen-bond acceptors (Lipinski definition) is 4. The molecule has 1 aromatic rings. The van der Waals surface area contributed by atoms with E-state index < -0.39 is 6.10 Å². The number of hydrogen-bond donors (Lipinski definition) is 3. The van der Waals surface area contributed by atoms with Gasteiger partial charge in [0.1, 0.15) is 5.75 Å². The summed E-state index contributed by atoms with van der Waals surface area (Å²) in [6, 6.07) is 7.50. The molecular formula is C19H29N3O3. The first-order valence-corrected chi connectivity index (χ1v) is 8.73. The van der Waals surface area contributed by atoms with Gasteiger partial charge in [0.05, 0.1) is 31.9 Å². The minimum Gasteiger partial charge on any atom is -0.497 e. The van der Waals surface area contributed by atoms with Crippen molar-refractivity contribution in [1.82, 2.24) is 10.6 Å². The summed E-state index contributed by atoms with van der Waals surface area (Å²) in [6.07, 6.45) is 3.44. The Morgan fingerprint density at radius 3 is 2.84 bits per heavy atom. The molecular weight excluding hydrogens is 318 g/mol. The number of rotatable bonds is 8. The van der Waals surface area contributed by atoms with Crippen molar-refractivity contribution in [2.45, 2.75) is 38.0 Å². The number of aliphatic hydroxyl groups is 1. The van der Waals surface area contributed by atoms with Crippen LogP contribution in [0.1, 0.15) is 31.4 Å². The molecule has 0 aliphatic carbocycles. The Morgan fingerprint density at radius 1 is 1.48 bits per heavy atom. The van der Waals surface area contributed by atoms with Crippen LogP contribution in [0.5, 0.6) is 5.75 Å². The molecule has 0 aromatic heterocycles. The average Bonchev–Trinajstić information content (AvgIpc) is 3.18. The van der Waals surface area contributed by atoms with Gasteiger partial charge in [-0.2, -0.15) is 0 Å². The van der Waals surface area contributed by atoms with Gasteiger partial charge in [-0.1, -0.05) is 18.2 Å². The van der Waals surface area contributed by atoms with Gasteiger partial charge in [-0.15, -0.1) is 6.58 Å². The standard InChI is InChI=1S/C19H29N3O3/c1-4-11-20-19(22-14(2)18-6-5-12-25-18)21-13-17(23)15-7-9-16(24-3)10-8-15/h4,7-10,14,17-18,23H,1,5-6,11-13H2,2-3H3,(H2,20,21,22)/t14-,17+,18-/m1/s1. The van der Waals surface area contributed by atoms with Gasteiger partial charge in [0.2, 0.25) is 0 Å². The van der Waals surface area contributed by atoms with Crippen molar-refractivity contribution in [3.63, 3.8) is 0 Å². The van der Waals surface area contributed by atoms with Crippen LogP contribution >= 0.6 is 0 Å². The van der Waals surface area contributed by atoms with Gasteiger partial charge in [-0.25, -0.2) is 0 Å². The lowest BCUT2D eigenvalue weighted by Gasteiger charge is -2.23. The van der Waals surface area contributed by atoms with Crippen molar-refractivity contribution < 1.29 is 14.6 Å². The Bertz CT molecular complexity index is 554. The smallest absolute Gasteiger partial charge is 0.191 e. The van der Waals surface area contributed by atoms with Gasteiger partial charge in [0.25, 0.3) is 0 Å². The van der Waals surface area contributed by atoms with Gasteiger partial charge < -0.3 is 25.2 Å². The first-order valence-electron chi connectivity index (χ1n) is 8.73. The largest absolute Gasteiger partial charge is 0.497 e. The number of methoxy groups -OCH3 is 1. The number of nitrogens with zero attached hydrogens (tertiary/aromatic N) is 1. The van der Waals surface area contributed by atoms with Gasteiger partial charge in [-0.05, 0) is 37.5 Å². The van der Waals surface area contributed by atoms with Gasteiger partial charge in [-0.3, -0.25) is 4.99 Å². The highest BCUT2D eigenvalue weighted by Crippen LogP contribution is 2.18. The highest BCUT2D eigenvalue weighted by Gasteiger charge is 2.23. The quantitative estimate of drug-likeness (QED) is 0.381. The van der Waals surface area contributed by atoms with Gasteiger partial charge in [0, 0.05) is 13.2 Å². The first kappa shape index (κ1) is 19.3. The van der Waals surface area contributed by atoms with E-state index in [0.29, 0.717) is 12.5 Å². The second-order valence-electron chi connectivity index (χ2n) is 6.13. The molecule has 1 aromatic carbocycles. The van der Waals surface area contributed by atoms with Crippen LogP contribution in [0.3, 0.4) is 0 Å². The van der Waals surface area contributed by atoms with E-state index in [4.69, 9.17) is 9.47 Å². The zero-order valence-electron chi connectivity index (χ0n) is 15.1. The monoisotopic (exact) mass is 347 g/mol. The molecule has 138 valence electrons. The van der Waals surface area contributed by atoms with Crippen molar-refractivity contribution in [2.75, 3.05) is 26.8 Å². The topological polar surface area (TPSA) is 75.1 Å². The van der Waals surface area contributed by atoms with Crippen molar-refractivity contribution >= 4 is 5.96 Å². The van der Waals surface area contributed by atoms with Crippen LogP contribution in [0.4, 0.5) is 0 Å². The molecule has 0 unspecified atom stereocenters. The van der Waals surface area contributed by atoms with Crippen molar-refractivity contribution in [3.05, 3.63) is 42.5 Å². The Hall–Kier alpha value is -2.05. The Balaban J connectivity index is 1.95. The summed E-state index contributed by atoms with van der Waals surface area (Å²) >= 11 is 0. The summed E-state index contributed by atoms with van der Waals surface area (Å²) in [5.41, 5.74) is 0.805. The molecule has 6 heteroatoms. The third-order valence-corrected chi connectivity index (χ3v) is 4.22. The molecule has 1 aliphatic rings. The number of ether oxygens (including phenoxy) is 2. The number of aliphatic imine (C=N–C) groups is 1. The van der Waals surface area contributed by atoms with Crippen LogP contribution in [0.15, 0.2) is 41.9 Å². The molecule has 0 spiro atoms. The van der Waals surface area contributed by atoms with Crippen LogP contribution in [0, 0.1) is 0 Å². The van der Waals surface area contributed by atoms with Crippen molar-refractivity contribution in [3.8, 4) is 5.75 Å². The molecule has 1 aliphatic heterocycles. The number of aliphatic hydroxyl groups excluding tert-OH is 1. The molecule has 3 N–H and O–H groups in total. The Labute approximate surface area is 149 Å². The van der Waals surface area contributed by atoms with Crippen LogP contribution in [0.2, 0.25) is 0 Å². The maximum absolute atomic E-state index is 10.4. The first-order chi connectivity index (χ1) is 12.1. The summed E-state index contributed by atoms with van der Waals surface area (Å²) in [6.45, 7) is 7.48. The number of guanidine groups is 1. The molecule has 25 heavy (non-hydrogen) atoms. The van der Waals surface area contributed by atoms with Crippen molar-refractivity contribution in [2.24, 2.45) is 4.99 Å². The van der Waals surface area contributed by atoms with E-state index in [1.807, 2.05) is 24.3 Å². The molecule has 1 fully saturated rings. The van der Waals surface area contributed by atoms with Gasteiger partial charge in [0.15, 0.2) is 5.96 Å². The molecule has 0 bridgehead atoms. The fourth-order valence-corrected chi connectivity index (χ4v) is 2.74. The summed E-state index contributed by atoms with van der Waals surface area (Å²) in [4.78, 5) is 4.50. The predicted molar refractivity (Wildman–Crippen MR) is 100 cm³/mol. The fraction of sp³-hybridized carbons (Fsp3) is 0.526. The van der Waals surface area contributed by atoms with E-state index in [-0.39, 0.29) is 18.7 Å². The highest BCUT2D eigenvalue weighted by atomic mass is 16.5. The third-order valence-electron chi connectivity index (χ3n) is 4.22. The maximum atomic E-state index is 10.4. The summed E-state index contributed by atoms with van der Waals surface area (Å²) in [5.74, 6) is 1.41. The Kier molecular flexibility index (Phi) is 7.76. The molecule has 6 nitrogen and oxygen atoms in total. The van der Waals surface area contributed by atoms with Crippen LogP contribution < -0.4 is 15.4 Å². The zero-order chi connectivity index (χ0) is 18.1. The van der Waals surface area contributed by atoms with E-state index in [9.17, 15) is 5.11 Å². The van der Waals surface area contributed by atoms with Gasteiger partial charge >= 0.3 is 0 Å². The second kappa shape index (κ2) is 10.1. The molecule has 1 heterocycles. The normalized spacial score (nSPS) is 20.0. The van der Waals surface area contributed by atoms with Crippen LogP contribution in [0.25, 0.3) is 0 Å². The molecule has 0 saturated carbocycles. The minimum atomic E-state index is -0.675. The lowest BCUT2D eigenvalue weighted by atomic mass is 10.1. The summed E-state index contributed by atoms with van der Waals surface area (Å²) in [5, 5.41) is 16.9. The van der Waals surface area contributed by atoms with Crippen molar-refractivity contribution in [1.29, 1.82) is 0 Å².